The Morgan fingerprint density at radius 2 is 2.16 bits per heavy atom. The minimum atomic E-state index is -2.92. The number of amides is 1. The third-order valence-electron chi connectivity index (χ3n) is 4.31. The van der Waals surface area contributed by atoms with Crippen LogP contribution in [0.15, 0.2) is 0 Å². The molecule has 0 spiro atoms. The molecular formula is C13H24N2O3S. The molecule has 0 aromatic heterocycles. The van der Waals surface area contributed by atoms with Gasteiger partial charge in [-0.25, -0.2) is 8.42 Å². The number of piperidine rings is 2. The summed E-state index contributed by atoms with van der Waals surface area (Å²) in [6.07, 6.45) is 3.15. The molecule has 0 aromatic carbocycles. The van der Waals surface area contributed by atoms with Gasteiger partial charge in [-0.3, -0.25) is 4.79 Å². The van der Waals surface area contributed by atoms with Crippen molar-refractivity contribution in [3.63, 3.8) is 0 Å². The lowest BCUT2D eigenvalue weighted by Gasteiger charge is -2.44. The molecule has 0 radical (unpaired) electrons. The van der Waals surface area contributed by atoms with E-state index in [9.17, 15) is 13.2 Å². The van der Waals surface area contributed by atoms with E-state index in [0.29, 0.717) is 31.3 Å². The molecule has 0 aromatic rings. The Kier molecular flexibility index (Phi) is 4.84. The zero-order valence-electron chi connectivity index (χ0n) is 11.6. The van der Waals surface area contributed by atoms with E-state index in [0.717, 1.165) is 25.9 Å². The molecule has 2 atom stereocenters. The zero-order valence-corrected chi connectivity index (χ0v) is 12.4. The fourth-order valence-corrected chi connectivity index (χ4v) is 4.00. The predicted octanol–water partition coefficient (Wildman–Crippen LogP) is 0.412. The first-order valence-electron chi connectivity index (χ1n) is 7.24. The van der Waals surface area contributed by atoms with Crippen molar-refractivity contribution in [2.75, 3.05) is 31.1 Å². The number of fused-ring (bicyclic) bond motifs is 1. The molecular weight excluding hydrogens is 264 g/mol. The van der Waals surface area contributed by atoms with Crippen molar-refractivity contribution < 1.29 is 13.2 Å². The Morgan fingerprint density at radius 3 is 2.89 bits per heavy atom. The van der Waals surface area contributed by atoms with Crippen LogP contribution in [0, 0.1) is 5.92 Å². The third-order valence-corrected chi connectivity index (χ3v) is 6.10. The van der Waals surface area contributed by atoms with Gasteiger partial charge in [-0.15, -0.1) is 0 Å². The van der Waals surface area contributed by atoms with Gasteiger partial charge in [0.05, 0.1) is 5.75 Å². The first-order valence-corrected chi connectivity index (χ1v) is 9.06. The second kappa shape index (κ2) is 6.22. The van der Waals surface area contributed by atoms with Crippen molar-refractivity contribution in [3.8, 4) is 0 Å². The molecule has 19 heavy (non-hydrogen) atoms. The van der Waals surface area contributed by atoms with E-state index in [-0.39, 0.29) is 17.4 Å². The first kappa shape index (κ1) is 14.8. The molecule has 2 heterocycles. The molecule has 1 N–H and O–H groups in total. The van der Waals surface area contributed by atoms with Crippen LogP contribution in [0.4, 0.5) is 0 Å². The van der Waals surface area contributed by atoms with Gasteiger partial charge in [0.25, 0.3) is 0 Å². The minimum absolute atomic E-state index is 0.191. The van der Waals surface area contributed by atoms with Crippen LogP contribution in [0.3, 0.4) is 0 Å². The standard InChI is InChI=1S/C13H24N2O3S/c1-2-19(17,18)9-3-8-15-12-6-7-14-10-11(12)4-5-13(15)16/h11-12,14H,2-10H2,1H3. The molecule has 0 aliphatic carbocycles. The van der Waals surface area contributed by atoms with Crippen LogP contribution < -0.4 is 5.32 Å². The number of nitrogens with one attached hydrogen (secondary N) is 1. The SMILES string of the molecule is CCS(=O)(=O)CCCN1C(=O)CCC2CNCCC21. The lowest BCUT2D eigenvalue weighted by Crippen LogP contribution is -2.55. The summed E-state index contributed by atoms with van der Waals surface area (Å²) < 4.78 is 23.0. The van der Waals surface area contributed by atoms with E-state index in [4.69, 9.17) is 0 Å². The fraction of sp³-hybridized carbons (Fsp3) is 0.923. The van der Waals surface area contributed by atoms with Crippen LogP contribution in [-0.2, 0) is 14.6 Å². The van der Waals surface area contributed by atoms with E-state index in [1.807, 2.05) is 4.90 Å². The Morgan fingerprint density at radius 1 is 1.37 bits per heavy atom. The van der Waals surface area contributed by atoms with Crippen molar-refractivity contribution in [2.45, 2.75) is 38.6 Å². The topological polar surface area (TPSA) is 66.5 Å². The van der Waals surface area contributed by atoms with Gasteiger partial charge in [-0.05, 0) is 38.3 Å². The Labute approximate surface area is 115 Å². The summed E-state index contributed by atoms with van der Waals surface area (Å²) in [6, 6.07) is 0.326. The lowest BCUT2D eigenvalue weighted by atomic mass is 9.84. The molecule has 2 saturated heterocycles. The molecule has 5 nitrogen and oxygen atoms in total. The fourth-order valence-electron chi connectivity index (χ4n) is 3.14. The maximum atomic E-state index is 12.0. The van der Waals surface area contributed by atoms with Gasteiger partial charge in [0.2, 0.25) is 5.91 Å². The Bertz CT molecular complexity index is 422. The molecule has 2 unspecified atom stereocenters. The normalized spacial score (nSPS) is 28.3. The molecule has 110 valence electrons. The van der Waals surface area contributed by atoms with E-state index >= 15 is 0 Å². The minimum Gasteiger partial charge on any atom is -0.339 e. The van der Waals surface area contributed by atoms with E-state index < -0.39 is 9.84 Å². The molecule has 0 saturated carbocycles. The quantitative estimate of drug-likeness (QED) is 0.796. The van der Waals surface area contributed by atoms with E-state index in [2.05, 4.69) is 5.32 Å². The van der Waals surface area contributed by atoms with Crippen molar-refractivity contribution in [2.24, 2.45) is 5.92 Å². The van der Waals surface area contributed by atoms with Crippen molar-refractivity contribution >= 4 is 15.7 Å². The highest BCUT2D eigenvalue weighted by molar-refractivity contribution is 7.91. The third kappa shape index (κ3) is 3.69. The maximum Gasteiger partial charge on any atom is 0.222 e. The summed E-state index contributed by atoms with van der Waals surface area (Å²) in [5.74, 6) is 1.14. The second-order valence-electron chi connectivity index (χ2n) is 5.54. The van der Waals surface area contributed by atoms with Crippen LogP contribution in [0.1, 0.15) is 32.6 Å². The van der Waals surface area contributed by atoms with Crippen LogP contribution in [-0.4, -0.2) is 56.4 Å². The van der Waals surface area contributed by atoms with Gasteiger partial charge < -0.3 is 10.2 Å². The summed E-state index contributed by atoms with van der Waals surface area (Å²) >= 11 is 0. The number of nitrogens with zero attached hydrogens (tertiary/aromatic N) is 1. The molecule has 2 aliphatic rings. The van der Waals surface area contributed by atoms with Gasteiger partial charge in [-0.2, -0.15) is 0 Å². The summed E-state index contributed by atoms with van der Waals surface area (Å²) in [4.78, 5) is 14.0. The largest absolute Gasteiger partial charge is 0.339 e. The van der Waals surface area contributed by atoms with Gasteiger partial charge in [0.1, 0.15) is 9.84 Å². The smallest absolute Gasteiger partial charge is 0.222 e. The van der Waals surface area contributed by atoms with Crippen molar-refractivity contribution in [1.29, 1.82) is 0 Å². The van der Waals surface area contributed by atoms with Crippen LogP contribution in [0.25, 0.3) is 0 Å². The molecule has 2 fully saturated rings. The number of hydrogen-bond donors (Lipinski definition) is 1. The first-order chi connectivity index (χ1) is 9.03. The van der Waals surface area contributed by atoms with E-state index in [1.165, 1.54) is 0 Å². The summed E-state index contributed by atoms with van der Waals surface area (Å²) in [6.45, 7) is 4.21. The zero-order chi connectivity index (χ0) is 13.9. The number of sulfone groups is 1. The average molecular weight is 288 g/mol. The maximum absolute atomic E-state index is 12.0. The lowest BCUT2D eigenvalue weighted by molar-refractivity contribution is -0.139. The van der Waals surface area contributed by atoms with Gasteiger partial charge in [0, 0.05) is 24.8 Å². The molecule has 2 aliphatic heterocycles. The number of carbonyl (C=O) groups excluding carboxylic acids is 1. The molecule has 0 bridgehead atoms. The highest BCUT2D eigenvalue weighted by Crippen LogP contribution is 2.28. The number of hydrogen-bond acceptors (Lipinski definition) is 4. The second-order valence-corrected chi connectivity index (χ2v) is 8.01. The van der Waals surface area contributed by atoms with Gasteiger partial charge in [-0.1, -0.05) is 6.92 Å². The Balaban J connectivity index is 1.91. The molecule has 2 rings (SSSR count). The van der Waals surface area contributed by atoms with Crippen LogP contribution in [0.5, 0.6) is 0 Å². The number of likely N-dealkylation sites (tertiary alicyclic amines) is 1. The Hall–Kier alpha value is -0.620. The van der Waals surface area contributed by atoms with Gasteiger partial charge in [0.15, 0.2) is 0 Å². The molecule has 1 amide bonds. The summed E-state index contributed by atoms with van der Waals surface area (Å²) in [5, 5.41) is 3.37. The summed E-state index contributed by atoms with van der Waals surface area (Å²) in [5.41, 5.74) is 0. The van der Waals surface area contributed by atoms with Crippen molar-refractivity contribution in [1.82, 2.24) is 10.2 Å². The average Bonchev–Trinajstić information content (AvgIpc) is 2.41. The number of rotatable bonds is 5. The van der Waals surface area contributed by atoms with E-state index in [1.54, 1.807) is 6.92 Å². The monoisotopic (exact) mass is 288 g/mol. The molecule has 6 heteroatoms. The van der Waals surface area contributed by atoms with Crippen LogP contribution >= 0.6 is 0 Å². The highest BCUT2D eigenvalue weighted by atomic mass is 32.2. The summed E-state index contributed by atoms with van der Waals surface area (Å²) in [7, 11) is -2.92. The highest BCUT2D eigenvalue weighted by Gasteiger charge is 2.36. The van der Waals surface area contributed by atoms with Crippen molar-refractivity contribution in [3.05, 3.63) is 0 Å². The predicted molar refractivity (Wildman–Crippen MR) is 74.7 cm³/mol. The number of carbonyl (C=O) groups is 1. The van der Waals surface area contributed by atoms with Gasteiger partial charge >= 0.3 is 0 Å². The van der Waals surface area contributed by atoms with Crippen LogP contribution in [0.2, 0.25) is 0 Å².